The van der Waals surface area contributed by atoms with Gasteiger partial charge in [0.2, 0.25) is 11.0 Å². The van der Waals surface area contributed by atoms with Crippen molar-refractivity contribution in [1.82, 2.24) is 14.9 Å². The Hall–Kier alpha value is -4.32. The Bertz CT molecular complexity index is 1430. The second kappa shape index (κ2) is 9.50. The summed E-state index contributed by atoms with van der Waals surface area (Å²) in [4.78, 5) is 10.9. The average Bonchev–Trinajstić information content (AvgIpc) is 3.49. The van der Waals surface area contributed by atoms with Crippen molar-refractivity contribution in [3.63, 3.8) is 0 Å². The van der Waals surface area contributed by atoms with E-state index in [2.05, 4.69) is 15.3 Å². The van der Waals surface area contributed by atoms with Crippen molar-refractivity contribution in [3.8, 4) is 5.75 Å². The van der Waals surface area contributed by atoms with E-state index in [1.54, 1.807) is 18.2 Å². The molecule has 2 aromatic carbocycles. The highest BCUT2D eigenvalue weighted by Crippen LogP contribution is 2.36. The molecule has 1 aliphatic heterocycles. The first-order chi connectivity index (χ1) is 17.0. The van der Waals surface area contributed by atoms with Gasteiger partial charge in [-0.1, -0.05) is 30.3 Å². The molecule has 4 aromatic rings. The van der Waals surface area contributed by atoms with Crippen molar-refractivity contribution >= 4 is 29.2 Å². The fourth-order valence-electron chi connectivity index (χ4n) is 3.26. The molecule has 0 saturated carbocycles. The van der Waals surface area contributed by atoms with Gasteiger partial charge in [-0.25, -0.2) is 8.78 Å². The molecule has 9 nitrogen and oxygen atoms in total. The fourth-order valence-corrected chi connectivity index (χ4v) is 4.19. The van der Waals surface area contributed by atoms with Gasteiger partial charge in [0.1, 0.15) is 29.6 Å². The first-order valence-corrected chi connectivity index (χ1v) is 11.0. The first-order valence-electron chi connectivity index (χ1n) is 10.2. The van der Waals surface area contributed by atoms with E-state index in [0.29, 0.717) is 27.9 Å². The zero-order chi connectivity index (χ0) is 24.4. The maximum absolute atomic E-state index is 13.3. The number of aromatic nitrogens is 3. The monoisotopic (exact) mass is 495 g/mol. The van der Waals surface area contributed by atoms with E-state index in [1.807, 2.05) is 30.3 Å². The number of ether oxygens (including phenoxy) is 1. The molecule has 2 aromatic heterocycles. The highest BCUT2D eigenvalue weighted by Gasteiger charge is 2.27. The van der Waals surface area contributed by atoms with Gasteiger partial charge in [0, 0.05) is 22.6 Å². The minimum Gasteiger partial charge on any atom is -0.486 e. The minimum absolute atomic E-state index is 0.0263. The van der Waals surface area contributed by atoms with Crippen LogP contribution in [0, 0.1) is 10.1 Å². The molecule has 3 heterocycles. The normalized spacial score (nSPS) is 14.1. The second-order valence-electron chi connectivity index (χ2n) is 7.22. The Kier molecular flexibility index (Phi) is 6.10. The van der Waals surface area contributed by atoms with E-state index in [0.717, 1.165) is 22.0 Å². The maximum atomic E-state index is 13.3. The molecular formula is C23H15F2N5O4S. The third kappa shape index (κ3) is 4.82. The highest BCUT2D eigenvalue weighted by molar-refractivity contribution is 8.04. The average molecular weight is 495 g/mol. The fraction of sp³-hybridized carbons (Fsp3) is 0.0870. The number of fused-ring (bicyclic) bond motifs is 1. The van der Waals surface area contributed by atoms with Crippen LogP contribution in [0.15, 0.2) is 86.3 Å². The van der Waals surface area contributed by atoms with Gasteiger partial charge in [0.25, 0.3) is 12.1 Å². The number of thioether (sulfide) groups is 1. The molecule has 5 rings (SSSR count). The number of halogens is 2. The Labute approximate surface area is 200 Å². The van der Waals surface area contributed by atoms with Crippen molar-refractivity contribution in [3.05, 3.63) is 105 Å². The van der Waals surface area contributed by atoms with E-state index < -0.39 is 17.2 Å². The molecule has 0 fully saturated rings. The van der Waals surface area contributed by atoms with Crippen molar-refractivity contribution in [2.24, 2.45) is 5.10 Å². The molecule has 0 atom stereocenters. The molecule has 0 unspecified atom stereocenters. The van der Waals surface area contributed by atoms with Crippen LogP contribution in [0.1, 0.15) is 29.3 Å². The third-order valence-corrected chi connectivity index (χ3v) is 5.87. The van der Waals surface area contributed by atoms with E-state index >= 15 is 0 Å². The number of benzene rings is 2. The standard InChI is InChI=1S/C23H15F2N5O4S/c24-21(25)22-26-27-23-29(22)28-20(14-4-2-1-3-5-14)19(35-23)12-17-10-11-18(34-17)13-33-16-8-6-15(7-9-16)30(31)32/h1-12,21H,13H2/b19-12+. The van der Waals surface area contributed by atoms with Gasteiger partial charge < -0.3 is 9.15 Å². The summed E-state index contributed by atoms with van der Waals surface area (Å²) in [7, 11) is 0. The van der Waals surface area contributed by atoms with Crippen molar-refractivity contribution in [2.45, 2.75) is 18.2 Å². The number of nitrogens with zero attached hydrogens (tertiary/aromatic N) is 5. The van der Waals surface area contributed by atoms with Crippen molar-refractivity contribution in [1.29, 1.82) is 0 Å². The zero-order valence-electron chi connectivity index (χ0n) is 17.7. The van der Waals surface area contributed by atoms with Crippen LogP contribution in [0.4, 0.5) is 14.5 Å². The van der Waals surface area contributed by atoms with Crippen LogP contribution in [-0.2, 0) is 6.61 Å². The van der Waals surface area contributed by atoms with E-state index in [1.165, 1.54) is 24.3 Å². The number of allylic oxidation sites excluding steroid dienone is 1. The van der Waals surface area contributed by atoms with E-state index in [9.17, 15) is 18.9 Å². The number of hydrogen-bond acceptors (Lipinski definition) is 8. The summed E-state index contributed by atoms with van der Waals surface area (Å²) in [5, 5.41) is 22.8. The lowest BCUT2D eigenvalue weighted by Gasteiger charge is -2.16. The Morgan fingerprint density at radius 3 is 2.57 bits per heavy atom. The highest BCUT2D eigenvalue weighted by atomic mass is 32.2. The largest absolute Gasteiger partial charge is 0.486 e. The minimum atomic E-state index is -2.81. The topological polar surface area (TPSA) is 109 Å². The molecule has 0 saturated heterocycles. The lowest BCUT2D eigenvalue weighted by molar-refractivity contribution is -0.384. The first kappa shape index (κ1) is 22.5. The quantitative estimate of drug-likeness (QED) is 0.239. The molecule has 176 valence electrons. The summed E-state index contributed by atoms with van der Waals surface area (Å²) in [6, 6.07) is 18.4. The predicted molar refractivity (Wildman–Crippen MR) is 123 cm³/mol. The molecule has 0 aliphatic carbocycles. The van der Waals surface area contributed by atoms with Crippen molar-refractivity contribution < 1.29 is 22.9 Å². The number of alkyl halides is 2. The third-order valence-electron chi connectivity index (χ3n) is 4.90. The number of nitro benzene ring substituents is 1. The molecule has 12 heteroatoms. The Morgan fingerprint density at radius 1 is 1.09 bits per heavy atom. The Morgan fingerprint density at radius 2 is 1.86 bits per heavy atom. The number of furan rings is 1. The lowest BCUT2D eigenvalue weighted by atomic mass is 10.1. The van der Waals surface area contributed by atoms with Crippen LogP contribution in [-0.4, -0.2) is 25.5 Å². The van der Waals surface area contributed by atoms with Crippen LogP contribution < -0.4 is 4.74 Å². The van der Waals surface area contributed by atoms with Crippen molar-refractivity contribution in [2.75, 3.05) is 0 Å². The smallest absolute Gasteiger partial charge is 0.299 e. The van der Waals surface area contributed by atoms with Crippen LogP contribution in [0.25, 0.3) is 6.08 Å². The number of non-ortho nitro benzene ring substituents is 1. The van der Waals surface area contributed by atoms with Gasteiger partial charge in [-0.15, -0.1) is 10.2 Å². The summed E-state index contributed by atoms with van der Waals surface area (Å²) >= 11 is 1.16. The van der Waals surface area contributed by atoms with Gasteiger partial charge in [-0.2, -0.15) is 9.78 Å². The number of nitro groups is 1. The van der Waals surface area contributed by atoms with Gasteiger partial charge in [0.15, 0.2) is 0 Å². The molecular weight excluding hydrogens is 480 g/mol. The zero-order valence-corrected chi connectivity index (χ0v) is 18.6. The Balaban J connectivity index is 1.39. The molecule has 1 aliphatic rings. The molecule has 0 spiro atoms. The SMILES string of the molecule is O=[N+]([O-])c1ccc(OCc2ccc(/C=C3/Sc4nnc(C(F)F)n4N=C3c3ccccc3)o2)cc1. The molecule has 0 bridgehead atoms. The summed E-state index contributed by atoms with van der Waals surface area (Å²) in [6.45, 7) is 0.111. The molecule has 0 N–H and O–H groups in total. The number of hydrogen-bond donors (Lipinski definition) is 0. The van der Waals surface area contributed by atoms with Crippen LogP contribution in [0.5, 0.6) is 5.75 Å². The number of rotatable bonds is 7. The molecule has 35 heavy (non-hydrogen) atoms. The molecule has 0 amide bonds. The maximum Gasteiger partial charge on any atom is 0.299 e. The van der Waals surface area contributed by atoms with Crippen LogP contribution in [0.3, 0.4) is 0 Å². The molecule has 0 radical (unpaired) electrons. The second-order valence-corrected chi connectivity index (χ2v) is 8.23. The summed E-state index contributed by atoms with van der Waals surface area (Å²) in [5.74, 6) is 0.962. The van der Waals surface area contributed by atoms with Crippen LogP contribution in [0.2, 0.25) is 0 Å². The van der Waals surface area contributed by atoms with Gasteiger partial charge >= 0.3 is 0 Å². The summed E-state index contributed by atoms with van der Waals surface area (Å²) in [6.07, 6.45) is -1.07. The van der Waals surface area contributed by atoms with Crippen LogP contribution >= 0.6 is 11.8 Å². The predicted octanol–water partition coefficient (Wildman–Crippen LogP) is 5.70. The summed E-state index contributed by atoms with van der Waals surface area (Å²) in [5.41, 5.74) is 1.19. The van der Waals surface area contributed by atoms with E-state index in [-0.39, 0.29) is 17.5 Å². The van der Waals surface area contributed by atoms with E-state index in [4.69, 9.17) is 9.15 Å². The van der Waals surface area contributed by atoms with Gasteiger partial charge in [-0.3, -0.25) is 10.1 Å². The van der Waals surface area contributed by atoms with Gasteiger partial charge in [-0.05, 0) is 42.1 Å². The lowest BCUT2D eigenvalue weighted by Crippen LogP contribution is -2.13. The van der Waals surface area contributed by atoms with Gasteiger partial charge in [0.05, 0.1) is 4.92 Å². The summed E-state index contributed by atoms with van der Waals surface area (Å²) < 4.78 is 39.2.